The number of alkyl halides is 1. The molecule has 3 nitrogen and oxygen atoms in total. The molecule has 1 atom stereocenters. The predicted octanol–water partition coefficient (Wildman–Crippen LogP) is 4.48. The molecule has 0 bridgehead atoms. The lowest BCUT2D eigenvalue weighted by Crippen LogP contribution is -2.01. The average molecular weight is 337 g/mol. The van der Waals surface area contributed by atoms with E-state index in [4.69, 9.17) is 11.6 Å². The number of hydrogen-bond acceptors (Lipinski definition) is 2. The fourth-order valence-electron chi connectivity index (χ4n) is 2.08. The minimum atomic E-state index is -0.170. The fourth-order valence-corrected chi connectivity index (χ4v) is 2.49. The van der Waals surface area contributed by atoms with Crippen LogP contribution in [0.1, 0.15) is 18.1 Å². The molecule has 0 amide bonds. The first-order chi connectivity index (χ1) is 9.16. The van der Waals surface area contributed by atoms with Gasteiger partial charge >= 0.3 is 0 Å². The second-order valence-electron chi connectivity index (χ2n) is 4.26. The Balaban J connectivity index is 2.31. The lowest BCUT2D eigenvalue weighted by atomic mass is 10.3. The SMILES string of the molecule is CC(Cl)c1nc2cnccc2n1-c1ccc(Br)cc1. The lowest BCUT2D eigenvalue weighted by Gasteiger charge is -2.10. The van der Waals surface area contributed by atoms with Crippen molar-refractivity contribution in [3.05, 3.63) is 53.0 Å². The van der Waals surface area contributed by atoms with Crippen LogP contribution >= 0.6 is 27.5 Å². The van der Waals surface area contributed by atoms with Gasteiger partial charge in [0.1, 0.15) is 11.3 Å². The van der Waals surface area contributed by atoms with E-state index in [1.54, 1.807) is 12.4 Å². The van der Waals surface area contributed by atoms with Crippen molar-refractivity contribution in [3.63, 3.8) is 0 Å². The van der Waals surface area contributed by atoms with Crippen LogP contribution in [-0.4, -0.2) is 14.5 Å². The molecule has 0 N–H and O–H groups in total. The largest absolute Gasteiger partial charge is 0.295 e. The first-order valence-electron chi connectivity index (χ1n) is 5.89. The van der Waals surface area contributed by atoms with E-state index in [0.29, 0.717) is 0 Å². The third kappa shape index (κ3) is 2.26. The van der Waals surface area contributed by atoms with E-state index in [9.17, 15) is 0 Å². The number of aromatic nitrogens is 3. The molecule has 0 aliphatic heterocycles. The van der Waals surface area contributed by atoms with E-state index in [1.807, 2.05) is 37.3 Å². The second kappa shape index (κ2) is 4.94. The van der Waals surface area contributed by atoms with Crippen LogP contribution in [0.3, 0.4) is 0 Å². The van der Waals surface area contributed by atoms with Crippen LogP contribution in [0.15, 0.2) is 47.2 Å². The fraction of sp³-hybridized carbons (Fsp3) is 0.143. The molecule has 19 heavy (non-hydrogen) atoms. The molecule has 5 heteroatoms. The zero-order valence-corrected chi connectivity index (χ0v) is 12.6. The van der Waals surface area contributed by atoms with Gasteiger partial charge < -0.3 is 0 Å². The van der Waals surface area contributed by atoms with Crippen molar-refractivity contribution in [3.8, 4) is 5.69 Å². The maximum atomic E-state index is 6.25. The van der Waals surface area contributed by atoms with E-state index in [2.05, 4.69) is 30.5 Å². The third-order valence-electron chi connectivity index (χ3n) is 2.92. The highest BCUT2D eigenvalue weighted by molar-refractivity contribution is 9.10. The normalized spacial score (nSPS) is 12.8. The monoisotopic (exact) mass is 335 g/mol. The van der Waals surface area contributed by atoms with Crippen molar-refractivity contribution >= 4 is 38.6 Å². The number of imidazole rings is 1. The van der Waals surface area contributed by atoms with Crippen molar-refractivity contribution in [2.24, 2.45) is 0 Å². The number of hydrogen-bond donors (Lipinski definition) is 0. The van der Waals surface area contributed by atoms with Crippen LogP contribution in [0.25, 0.3) is 16.7 Å². The first kappa shape index (κ1) is 12.6. The standard InChI is InChI=1S/C14H11BrClN3/c1-9(16)14-18-12-8-17-7-6-13(12)19(14)11-4-2-10(15)3-5-11/h2-9H,1H3. The van der Waals surface area contributed by atoms with E-state index in [-0.39, 0.29) is 5.38 Å². The van der Waals surface area contributed by atoms with Crippen molar-refractivity contribution in [1.29, 1.82) is 0 Å². The van der Waals surface area contributed by atoms with Gasteiger partial charge in [0.25, 0.3) is 0 Å². The highest BCUT2D eigenvalue weighted by Gasteiger charge is 2.16. The van der Waals surface area contributed by atoms with E-state index in [1.165, 1.54) is 0 Å². The summed E-state index contributed by atoms with van der Waals surface area (Å²) in [5, 5.41) is -0.170. The summed E-state index contributed by atoms with van der Waals surface area (Å²) in [6, 6.07) is 10.0. The van der Waals surface area contributed by atoms with E-state index < -0.39 is 0 Å². The molecular weight excluding hydrogens is 326 g/mol. The molecule has 2 aromatic heterocycles. The van der Waals surface area contributed by atoms with Gasteiger partial charge in [0.15, 0.2) is 0 Å². The molecule has 1 unspecified atom stereocenters. The molecule has 0 radical (unpaired) electrons. The molecule has 96 valence electrons. The topological polar surface area (TPSA) is 30.7 Å². The minimum Gasteiger partial charge on any atom is -0.295 e. The van der Waals surface area contributed by atoms with Gasteiger partial charge in [0.2, 0.25) is 0 Å². The third-order valence-corrected chi connectivity index (χ3v) is 3.65. The quantitative estimate of drug-likeness (QED) is 0.646. The molecule has 0 saturated carbocycles. The van der Waals surface area contributed by atoms with E-state index >= 15 is 0 Å². The molecule has 0 saturated heterocycles. The Hall–Kier alpha value is -1.39. The van der Waals surface area contributed by atoms with Crippen molar-refractivity contribution < 1.29 is 0 Å². The lowest BCUT2D eigenvalue weighted by molar-refractivity contribution is 0.882. The van der Waals surface area contributed by atoms with Crippen molar-refractivity contribution in [2.75, 3.05) is 0 Å². The molecule has 0 aliphatic rings. The van der Waals surface area contributed by atoms with Crippen LogP contribution in [0.5, 0.6) is 0 Å². The summed E-state index contributed by atoms with van der Waals surface area (Å²) in [5.41, 5.74) is 2.91. The Labute approximate surface area is 124 Å². The zero-order chi connectivity index (χ0) is 13.4. The Morgan fingerprint density at radius 1 is 1.21 bits per heavy atom. The average Bonchev–Trinajstić information content (AvgIpc) is 2.79. The molecule has 1 aromatic carbocycles. The van der Waals surface area contributed by atoms with Gasteiger partial charge in [0, 0.05) is 16.4 Å². The van der Waals surface area contributed by atoms with Gasteiger partial charge in [-0.05, 0) is 37.3 Å². The summed E-state index contributed by atoms with van der Waals surface area (Å²) < 4.78 is 3.11. The molecule has 3 aromatic rings. The summed E-state index contributed by atoms with van der Waals surface area (Å²) in [6.07, 6.45) is 3.52. The zero-order valence-electron chi connectivity index (χ0n) is 10.2. The molecule has 3 rings (SSSR count). The number of fused-ring (bicyclic) bond motifs is 1. The first-order valence-corrected chi connectivity index (χ1v) is 7.12. The van der Waals surface area contributed by atoms with E-state index in [0.717, 1.165) is 27.0 Å². The van der Waals surface area contributed by atoms with Crippen molar-refractivity contribution in [1.82, 2.24) is 14.5 Å². The van der Waals surface area contributed by atoms with Gasteiger partial charge in [-0.3, -0.25) is 9.55 Å². The van der Waals surface area contributed by atoms with Crippen LogP contribution in [0.4, 0.5) is 0 Å². The number of pyridine rings is 1. The highest BCUT2D eigenvalue weighted by Crippen LogP contribution is 2.28. The Bertz CT molecular complexity index is 719. The maximum Gasteiger partial charge on any atom is 0.132 e. The van der Waals surface area contributed by atoms with Crippen LogP contribution in [0, 0.1) is 0 Å². The molecule has 0 fully saturated rings. The van der Waals surface area contributed by atoms with Crippen LogP contribution in [-0.2, 0) is 0 Å². The number of benzene rings is 1. The van der Waals surface area contributed by atoms with Gasteiger partial charge in [-0.15, -0.1) is 11.6 Å². The maximum absolute atomic E-state index is 6.25. The minimum absolute atomic E-state index is 0.170. The summed E-state index contributed by atoms with van der Waals surface area (Å²) in [4.78, 5) is 8.68. The Kier molecular flexibility index (Phi) is 3.29. The highest BCUT2D eigenvalue weighted by atomic mass is 79.9. The van der Waals surface area contributed by atoms with Gasteiger partial charge in [-0.25, -0.2) is 4.98 Å². The number of halogens is 2. The Morgan fingerprint density at radius 2 is 1.95 bits per heavy atom. The summed E-state index contributed by atoms with van der Waals surface area (Å²) in [5.74, 6) is 0.826. The summed E-state index contributed by atoms with van der Waals surface area (Å²) >= 11 is 9.69. The van der Waals surface area contributed by atoms with Crippen LogP contribution < -0.4 is 0 Å². The van der Waals surface area contributed by atoms with Crippen molar-refractivity contribution in [2.45, 2.75) is 12.3 Å². The smallest absolute Gasteiger partial charge is 0.132 e. The predicted molar refractivity (Wildman–Crippen MR) is 80.8 cm³/mol. The summed E-state index contributed by atoms with van der Waals surface area (Å²) in [6.45, 7) is 1.92. The Morgan fingerprint density at radius 3 is 2.63 bits per heavy atom. The molecule has 0 aliphatic carbocycles. The molecule has 0 spiro atoms. The molecule has 2 heterocycles. The molecular formula is C14H11BrClN3. The van der Waals surface area contributed by atoms with Gasteiger partial charge in [-0.1, -0.05) is 15.9 Å². The summed E-state index contributed by atoms with van der Waals surface area (Å²) in [7, 11) is 0. The van der Waals surface area contributed by atoms with Crippen LogP contribution in [0.2, 0.25) is 0 Å². The van der Waals surface area contributed by atoms with Gasteiger partial charge in [0.05, 0.1) is 17.1 Å². The number of rotatable bonds is 2. The number of nitrogens with zero attached hydrogens (tertiary/aromatic N) is 3. The van der Waals surface area contributed by atoms with Gasteiger partial charge in [-0.2, -0.15) is 0 Å². The second-order valence-corrected chi connectivity index (χ2v) is 5.83.